The maximum atomic E-state index is 5.64. The second kappa shape index (κ2) is 7.12. The number of benzene rings is 1. The Bertz CT molecular complexity index is 414. The van der Waals surface area contributed by atoms with Crippen LogP contribution in [0.25, 0.3) is 0 Å². The van der Waals surface area contributed by atoms with Crippen LogP contribution in [0, 0.1) is 0 Å². The van der Waals surface area contributed by atoms with Crippen LogP contribution in [-0.4, -0.2) is 50.2 Å². The average Bonchev–Trinajstić information content (AvgIpc) is 2.47. The van der Waals surface area contributed by atoms with Gasteiger partial charge in [-0.1, -0.05) is 22.0 Å². The molecular formula is C14H20BrNO3. The van der Waals surface area contributed by atoms with Gasteiger partial charge in [-0.25, -0.2) is 0 Å². The molecule has 1 atom stereocenters. The van der Waals surface area contributed by atoms with Crippen molar-refractivity contribution in [2.45, 2.75) is 12.6 Å². The summed E-state index contributed by atoms with van der Waals surface area (Å²) in [5.41, 5.74) is 1.23. The van der Waals surface area contributed by atoms with Crippen molar-refractivity contribution >= 4 is 15.9 Å². The molecule has 0 spiro atoms. The van der Waals surface area contributed by atoms with E-state index >= 15 is 0 Å². The molecule has 0 radical (unpaired) electrons. The largest absolute Gasteiger partial charge is 0.493 e. The molecule has 0 N–H and O–H groups in total. The van der Waals surface area contributed by atoms with Crippen LogP contribution in [0.2, 0.25) is 0 Å². The quantitative estimate of drug-likeness (QED) is 0.775. The summed E-state index contributed by atoms with van der Waals surface area (Å²) in [6, 6.07) is 6.08. The minimum Gasteiger partial charge on any atom is -0.493 e. The Morgan fingerprint density at radius 2 is 2.11 bits per heavy atom. The first-order valence-electron chi connectivity index (χ1n) is 6.37. The van der Waals surface area contributed by atoms with E-state index in [1.807, 2.05) is 12.1 Å². The summed E-state index contributed by atoms with van der Waals surface area (Å²) in [5, 5.41) is 0.884. The number of morpholine rings is 1. The number of alkyl halides is 1. The zero-order valence-corrected chi connectivity index (χ0v) is 13.0. The Hall–Kier alpha value is -0.780. The van der Waals surface area contributed by atoms with Gasteiger partial charge in [-0.2, -0.15) is 0 Å². The lowest BCUT2D eigenvalue weighted by molar-refractivity contribution is -0.0181. The van der Waals surface area contributed by atoms with E-state index in [0.29, 0.717) is 0 Å². The molecule has 0 saturated carbocycles. The Balaban J connectivity index is 2.02. The standard InChI is InChI=1S/C14H20BrNO3/c1-17-13-4-3-11(7-14(13)18-2)9-16-5-6-19-12(8-15)10-16/h3-4,7,12H,5-6,8-10H2,1-2H3. The molecular weight excluding hydrogens is 310 g/mol. The number of hydrogen-bond acceptors (Lipinski definition) is 4. The summed E-state index contributed by atoms with van der Waals surface area (Å²) in [6.07, 6.45) is 0.286. The molecule has 1 aromatic rings. The predicted molar refractivity (Wildman–Crippen MR) is 78.4 cm³/mol. The minimum absolute atomic E-state index is 0.286. The first kappa shape index (κ1) is 14.6. The van der Waals surface area contributed by atoms with Gasteiger partial charge >= 0.3 is 0 Å². The lowest BCUT2D eigenvalue weighted by Crippen LogP contribution is -2.42. The first-order chi connectivity index (χ1) is 9.26. The predicted octanol–water partition coefficient (Wildman–Crippen LogP) is 2.30. The number of ether oxygens (including phenoxy) is 3. The van der Waals surface area contributed by atoms with Crippen molar-refractivity contribution in [3.63, 3.8) is 0 Å². The SMILES string of the molecule is COc1ccc(CN2CCOC(CBr)C2)cc1OC. The molecule has 0 aromatic heterocycles. The summed E-state index contributed by atoms with van der Waals surface area (Å²) >= 11 is 3.48. The molecule has 1 aliphatic heterocycles. The molecule has 1 heterocycles. The van der Waals surface area contributed by atoms with Crippen LogP contribution in [-0.2, 0) is 11.3 Å². The van der Waals surface area contributed by atoms with Gasteiger partial charge < -0.3 is 14.2 Å². The second-order valence-corrected chi connectivity index (χ2v) is 5.22. The second-order valence-electron chi connectivity index (χ2n) is 4.57. The molecule has 19 heavy (non-hydrogen) atoms. The molecule has 1 fully saturated rings. The molecule has 1 unspecified atom stereocenters. The van der Waals surface area contributed by atoms with Gasteiger partial charge in [-0.15, -0.1) is 0 Å². The highest BCUT2D eigenvalue weighted by atomic mass is 79.9. The number of nitrogens with zero attached hydrogens (tertiary/aromatic N) is 1. The third-order valence-corrected chi connectivity index (χ3v) is 3.97. The van der Waals surface area contributed by atoms with Crippen molar-refractivity contribution < 1.29 is 14.2 Å². The zero-order valence-electron chi connectivity index (χ0n) is 11.4. The van der Waals surface area contributed by atoms with Crippen LogP contribution < -0.4 is 9.47 Å². The van der Waals surface area contributed by atoms with Crippen molar-refractivity contribution in [3.05, 3.63) is 23.8 Å². The van der Waals surface area contributed by atoms with E-state index in [4.69, 9.17) is 14.2 Å². The van der Waals surface area contributed by atoms with E-state index < -0.39 is 0 Å². The molecule has 4 nitrogen and oxygen atoms in total. The van der Waals surface area contributed by atoms with Gasteiger partial charge in [0.1, 0.15) is 0 Å². The molecule has 1 aromatic carbocycles. The van der Waals surface area contributed by atoms with Crippen molar-refractivity contribution in [2.24, 2.45) is 0 Å². The molecule has 1 aliphatic rings. The maximum absolute atomic E-state index is 5.64. The highest BCUT2D eigenvalue weighted by Crippen LogP contribution is 2.28. The Morgan fingerprint density at radius 3 is 2.79 bits per heavy atom. The van der Waals surface area contributed by atoms with Crippen LogP contribution in [0.3, 0.4) is 0 Å². The minimum atomic E-state index is 0.286. The molecule has 1 saturated heterocycles. The lowest BCUT2D eigenvalue weighted by Gasteiger charge is -2.32. The van der Waals surface area contributed by atoms with Crippen molar-refractivity contribution in [3.8, 4) is 11.5 Å². The molecule has 106 valence electrons. The third-order valence-electron chi connectivity index (χ3n) is 3.25. The van der Waals surface area contributed by atoms with Gasteiger partial charge in [0, 0.05) is 25.0 Å². The van der Waals surface area contributed by atoms with Gasteiger partial charge in [0.2, 0.25) is 0 Å². The summed E-state index contributed by atoms with van der Waals surface area (Å²) in [4.78, 5) is 2.40. The summed E-state index contributed by atoms with van der Waals surface area (Å²) < 4.78 is 16.2. The van der Waals surface area contributed by atoms with Gasteiger partial charge in [-0.05, 0) is 17.7 Å². The fourth-order valence-corrected chi connectivity index (χ4v) is 2.65. The van der Waals surface area contributed by atoms with Gasteiger partial charge in [0.15, 0.2) is 11.5 Å². The average molecular weight is 330 g/mol. The normalized spacial score (nSPS) is 20.3. The van der Waals surface area contributed by atoms with Gasteiger partial charge in [-0.3, -0.25) is 4.90 Å². The Labute approximate surface area is 122 Å². The van der Waals surface area contributed by atoms with Crippen LogP contribution in [0.5, 0.6) is 11.5 Å². The van der Waals surface area contributed by atoms with Crippen molar-refractivity contribution in [2.75, 3.05) is 39.2 Å². The van der Waals surface area contributed by atoms with Crippen LogP contribution in [0.1, 0.15) is 5.56 Å². The van der Waals surface area contributed by atoms with Gasteiger partial charge in [0.25, 0.3) is 0 Å². The monoisotopic (exact) mass is 329 g/mol. The van der Waals surface area contributed by atoms with Crippen molar-refractivity contribution in [1.29, 1.82) is 0 Å². The number of halogens is 1. The first-order valence-corrected chi connectivity index (χ1v) is 7.49. The fourth-order valence-electron chi connectivity index (χ4n) is 2.25. The highest BCUT2D eigenvalue weighted by molar-refractivity contribution is 9.09. The van der Waals surface area contributed by atoms with Crippen LogP contribution in [0.4, 0.5) is 0 Å². The number of hydrogen-bond donors (Lipinski definition) is 0. The van der Waals surface area contributed by atoms with Gasteiger partial charge in [0.05, 0.1) is 26.9 Å². The van der Waals surface area contributed by atoms with Crippen molar-refractivity contribution in [1.82, 2.24) is 4.90 Å². The molecule has 5 heteroatoms. The van der Waals surface area contributed by atoms with E-state index in [1.165, 1.54) is 5.56 Å². The van der Waals surface area contributed by atoms with E-state index in [2.05, 4.69) is 26.9 Å². The summed E-state index contributed by atoms with van der Waals surface area (Å²) in [7, 11) is 3.32. The van der Waals surface area contributed by atoms with E-state index in [1.54, 1.807) is 14.2 Å². The number of rotatable bonds is 5. The van der Waals surface area contributed by atoms with E-state index in [0.717, 1.165) is 43.1 Å². The Morgan fingerprint density at radius 1 is 1.32 bits per heavy atom. The molecule has 0 amide bonds. The van der Waals surface area contributed by atoms with Crippen LogP contribution >= 0.6 is 15.9 Å². The molecule has 0 bridgehead atoms. The molecule has 2 rings (SSSR count). The smallest absolute Gasteiger partial charge is 0.161 e. The molecule has 0 aliphatic carbocycles. The van der Waals surface area contributed by atoms with E-state index in [-0.39, 0.29) is 6.10 Å². The van der Waals surface area contributed by atoms with Crippen LogP contribution in [0.15, 0.2) is 18.2 Å². The third kappa shape index (κ3) is 3.84. The maximum Gasteiger partial charge on any atom is 0.161 e. The highest BCUT2D eigenvalue weighted by Gasteiger charge is 2.19. The topological polar surface area (TPSA) is 30.9 Å². The van der Waals surface area contributed by atoms with E-state index in [9.17, 15) is 0 Å². The lowest BCUT2D eigenvalue weighted by atomic mass is 10.1. The summed E-state index contributed by atoms with van der Waals surface area (Å²) in [5.74, 6) is 1.55. The zero-order chi connectivity index (χ0) is 13.7. The Kier molecular flexibility index (Phi) is 5.48. The summed E-state index contributed by atoms with van der Waals surface area (Å²) in [6.45, 7) is 3.63. The fraction of sp³-hybridized carbons (Fsp3) is 0.571. The number of methoxy groups -OCH3 is 2.